The molecule has 0 saturated carbocycles. The van der Waals surface area contributed by atoms with Crippen molar-refractivity contribution in [2.75, 3.05) is 26.7 Å². The Hall–Kier alpha value is -1.79. The highest BCUT2D eigenvalue weighted by Gasteiger charge is 2.24. The zero-order chi connectivity index (χ0) is 16.1. The van der Waals surface area contributed by atoms with Crippen LogP contribution in [-0.2, 0) is 32.9 Å². The van der Waals surface area contributed by atoms with E-state index in [9.17, 15) is 14.2 Å². The van der Waals surface area contributed by atoms with Crippen LogP contribution in [0.3, 0.4) is 0 Å². The fraction of sp³-hybridized carbons (Fsp3) is 0.538. The highest BCUT2D eigenvalue weighted by atomic mass is 31.1. The molecular weight excluding hydrogens is 299 g/mol. The van der Waals surface area contributed by atoms with Crippen LogP contribution in [0.25, 0.3) is 0 Å². The molecule has 0 heterocycles. The van der Waals surface area contributed by atoms with Crippen molar-refractivity contribution >= 4 is 20.0 Å². The van der Waals surface area contributed by atoms with Crippen LogP contribution in [0.15, 0.2) is 0 Å². The van der Waals surface area contributed by atoms with Crippen LogP contribution in [0.2, 0.25) is 0 Å². The van der Waals surface area contributed by atoms with Gasteiger partial charge in [0.1, 0.15) is 6.35 Å². The quantitative estimate of drug-likeness (QED) is 0.331. The Labute approximate surface area is 124 Å². The van der Waals surface area contributed by atoms with Crippen molar-refractivity contribution in [1.82, 2.24) is 0 Å². The highest BCUT2D eigenvalue weighted by molar-refractivity contribution is 7.38. The number of terminal acetylenes is 2. The summed E-state index contributed by atoms with van der Waals surface area (Å²) in [5.41, 5.74) is 0. The Morgan fingerprint density at radius 1 is 1.19 bits per heavy atom. The number of carbonyl (C=O) groups excluding carboxylic acids is 2. The van der Waals surface area contributed by atoms with Crippen molar-refractivity contribution in [3.05, 3.63) is 0 Å². The second-order valence-corrected chi connectivity index (χ2v) is 4.90. The van der Waals surface area contributed by atoms with Crippen LogP contribution in [0.5, 0.6) is 0 Å². The van der Waals surface area contributed by atoms with Crippen LogP contribution in [0.1, 0.15) is 12.8 Å². The fourth-order valence-electron chi connectivity index (χ4n) is 1.18. The first-order chi connectivity index (χ1) is 10.0. The van der Waals surface area contributed by atoms with E-state index in [-0.39, 0.29) is 32.4 Å². The Balaban J connectivity index is 4.47. The molecule has 0 aliphatic heterocycles. The van der Waals surface area contributed by atoms with Gasteiger partial charge in [-0.05, 0) is 6.42 Å². The van der Waals surface area contributed by atoms with Crippen LogP contribution in [-0.4, -0.2) is 44.7 Å². The van der Waals surface area contributed by atoms with Crippen molar-refractivity contribution in [3.63, 3.8) is 0 Å². The van der Waals surface area contributed by atoms with Gasteiger partial charge >= 0.3 is 11.9 Å². The maximum absolute atomic E-state index is 11.7. The Bertz CT molecular complexity index is 446. The van der Waals surface area contributed by atoms with Crippen LogP contribution in [0, 0.1) is 24.7 Å². The van der Waals surface area contributed by atoms with Gasteiger partial charge in [0.2, 0.25) is 8.03 Å². The summed E-state index contributed by atoms with van der Waals surface area (Å²) in [5.74, 6) is 2.86. The van der Waals surface area contributed by atoms with Gasteiger partial charge in [-0.25, -0.2) is 4.79 Å². The Morgan fingerprint density at radius 2 is 1.81 bits per heavy atom. The molecule has 0 saturated heterocycles. The minimum Gasteiger partial charge on any atom is -0.452 e. The number of carbonyl (C=O) groups is 2. The van der Waals surface area contributed by atoms with Crippen molar-refractivity contribution in [2.24, 2.45) is 0 Å². The molecule has 2 unspecified atom stereocenters. The molecule has 116 valence electrons. The zero-order valence-electron chi connectivity index (χ0n) is 11.6. The largest absolute Gasteiger partial charge is 0.452 e. The SMILES string of the molecule is C#CCOC(=O)CCC(O[PH](=O)COC)C(=O)OCC#C. The van der Waals surface area contributed by atoms with Gasteiger partial charge in [0.05, 0.1) is 0 Å². The molecule has 0 aromatic rings. The number of esters is 2. The van der Waals surface area contributed by atoms with E-state index in [2.05, 4.69) is 21.3 Å². The number of hydrogen-bond donors (Lipinski definition) is 0. The van der Waals surface area contributed by atoms with E-state index in [0.717, 1.165) is 0 Å². The van der Waals surface area contributed by atoms with Crippen molar-refractivity contribution in [2.45, 2.75) is 18.9 Å². The predicted molar refractivity (Wildman–Crippen MR) is 74.6 cm³/mol. The summed E-state index contributed by atoms with van der Waals surface area (Å²) in [5, 5.41) is 0. The molecule has 7 nitrogen and oxygen atoms in total. The Morgan fingerprint density at radius 3 is 2.38 bits per heavy atom. The minimum absolute atomic E-state index is 0.0626. The lowest BCUT2D eigenvalue weighted by Crippen LogP contribution is -2.26. The van der Waals surface area contributed by atoms with Gasteiger partial charge in [-0.1, -0.05) is 11.8 Å². The summed E-state index contributed by atoms with van der Waals surface area (Å²) >= 11 is 0. The molecule has 2 atom stereocenters. The average molecular weight is 316 g/mol. The van der Waals surface area contributed by atoms with E-state index in [0.29, 0.717) is 0 Å². The first kappa shape index (κ1) is 19.2. The molecule has 0 aliphatic rings. The van der Waals surface area contributed by atoms with E-state index >= 15 is 0 Å². The lowest BCUT2D eigenvalue weighted by Gasteiger charge is -2.15. The maximum Gasteiger partial charge on any atom is 0.336 e. The second kappa shape index (κ2) is 12.0. The molecule has 0 radical (unpaired) electrons. The van der Waals surface area contributed by atoms with E-state index < -0.39 is 26.1 Å². The average Bonchev–Trinajstić information content (AvgIpc) is 2.46. The molecule has 0 aromatic carbocycles. The van der Waals surface area contributed by atoms with Crippen LogP contribution in [0.4, 0.5) is 0 Å². The third kappa shape index (κ3) is 9.70. The van der Waals surface area contributed by atoms with Gasteiger partial charge in [0, 0.05) is 13.5 Å². The first-order valence-corrected chi connectivity index (χ1v) is 7.45. The van der Waals surface area contributed by atoms with Gasteiger partial charge in [-0.2, -0.15) is 0 Å². The molecule has 0 N–H and O–H groups in total. The van der Waals surface area contributed by atoms with Crippen molar-refractivity contribution in [1.29, 1.82) is 0 Å². The fourth-order valence-corrected chi connectivity index (χ4v) is 2.02. The molecule has 0 bridgehead atoms. The van der Waals surface area contributed by atoms with E-state index in [1.165, 1.54) is 7.11 Å². The predicted octanol–water partition coefficient (Wildman–Crippen LogP) is 0.583. The molecule has 0 spiro atoms. The monoisotopic (exact) mass is 316 g/mol. The number of rotatable bonds is 10. The first-order valence-electron chi connectivity index (χ1n) is 5.92. The molecule has 8 heteroatoms. The molecule has 0 aliphatic carbocycles. The maximum atomic E-state index is 11.7. The van der Waals surface area contributed by atoms with E-state index in [4.69, 9.17) is 22.1 Å². The molecular formula is C13H17O7P. The highest BCUT2D eigenvalue weighted by Crippen LogP contribution is 2.26. The summed E-state index contributed by atoms with van der Waals surface area (Å²) in [6.07, 6.45) is 8.37. The second-order valence-electron chi connectivity index (χ2n) is 3.63. The number of hydrogen-bond acceptors (Lipinski definition) is 7. The summed E-state index contributed by atoms with van der Waals surface area (Å²) in [6.45, 7) is -0.405. The normalized spacial score (nSPS) is 12.5. The molecule has 21 heavy (non-hydrogen) atoms. The minimum atomic E-state index is -2.58. The molecule has 0 amide bonds. The third-order valence-electron chi connectivity index (χ3n) is 2.02. The Kier molecular flexibility index (Phi) is 11.0. The van der Waals surface area contributed by atoms with Crippen LogP contribution >= 0.6 is 8.03 Å². The standard InChI is InChI=1S/C13H17O7P/c1-4-8-18-12(14)7-6-11(13(15)19-9-5-2)20-21(16)10-17-3/h1-2,11,21H,6-10H2,3H3. The zero-order valence-corrected chi connectivity index (χ0v) is 12.6. The third-order valence-corrected chi connectivity index (χ3v) is 3.10. The van der Waals surface area contributed by atoms with Gasteiger partial charge in [0.15, 0.2) is 19.3 Å². The van der Waals surface area contributed by atoms with Gasteiger partial charge in [0.25, 0.3) is 0 Å². The summed E-state index contributed by atoms with van der Waals surface area (Å²) in [6, 6.07) is 0. The van der Waals surface area contributed by atoms with Gasteiger partial charge < -0.3 is 18.7 Å². The van der Waals surface area contributed by atoms with Crippen LogP contribution < -0.4 is 0 Å². The van der Waals surface area contributed by atoms with Crippen molar-refractivity contribution in [3.8, 4) is 24.7 Å². The molecule has 0 aromatic heterocycles. The summed E-state index contributed by atoms with van der Waals surface area (Å²) < 4.78 is 30.5. The lowest BCUT2D eigenvalue weighted by atomic mass is 10.2. The number of ether oxygens (including phenoxy) is 3. The molecule has 0 rings (SSSR count). The van der Waals surface area contributed by atoms with Gasteiger partial charge in [-0.3, -0.25) is 9.36 Å². The number of methoxy groups -OCH3 is 1. The van der Waals surface area contributed by atoms with Crippen molar-refractivity contribution < 1.29 is 32.9 Å². The van der Waals surface area contributed by atoms with E-state index in [1.807, 2.05) is 0 Å². The summed E-state index contributed by atoms with van der Waals surface area (Å²) in [7, 11) is -1.24. The van der Waals surface area contributed by atoms with Gasteiger partial charge in [-0.15, -0.1) is 12.8 Å². The van der Waals surface area contributed by atoms with E-state index in [1.54, 1.807) is 0 Å². The topological polar surface area (TPSA) is 88.1 Å². The lowest BCUT2D eigenvalue weighted by molar-refractivity contribution is -0.151. The molecule has 0 fully saturated rings. The summed E-state index contributed by atoms with van der Waals surface area (Å²) in [4.78, 5) is 23.0. The smallest absolute Gasteiger partial charge is 0.336 e.